The van der Waals surface area contributed by atoms with Crippen molar-refractivity contribution in [3.05, 3.63) is 87.1 Å². The predicted molar refractivity (Wildman–Crippen MR) is 132 cm³/mol. The lowest BCUT2D eigenvalue weighted by molar-refractivity contribution is -0.113. The van der Waals surface area contributed by atoms with E-state index in [0.29, 0.717) is 27.6 Å². The number of nitrogens with zero attached hydrogens (tertiary/aromatic N) is 4. The maximum absolute atomic E-state index is 12.4. The Morgan fingerprint density at radius 2 is 1.91 bits per heavy atom. The lowest BCUT2D eigenvalue weighted by Gasteiger charge is -2.06. The number of carbonyl (C=O) groups excluding carboxylic acids is 1. The van der Waals surface area contributed by atoms with Gasteiger partial charge in [-0.2, -0.15) is 5.10 Å². The number of hydrogen-bond acceptors (Lipinski definition) is 5. The zero-order valence-corrected chi connectivity index (χ0v) is 20.4. The molecule has 32 heavy (non-hydrogen) atoms. The molecular formula is C22H16BrCl2N5OS. The molecule has 162 valence electrons. The Morgan fingerprint density at radius 1 is 1.09 bits per heavy atom. The van der Waals surface area contributed by atoms with Crippen LogP contribution in [0.4, 0.5) is 5.82 Å². The fraction of sp³-hybridized carbons (Fsp3) is 0.0909. The van der Waals surface area contributed by atoms with Crippen molar-refractivity contribution in [1.29, 1.82) is 0 Å². The van der Waals surface area contributed by atoms with Gasteiger partial charge in [0.15, 0.2) is 11.0 Å². The number of benzene rings is 2. The Hall–Kier alpha value is -2.39. The van der Waals surface area contributed by atoms with Crippen LogP contribution in [0, 0.1) is 0 Å². The van der Waals surface area contributed by atoms with Gasteiger partial charge in [-0.25, -0.2) is 9.97 Å². The van der Waals surface area contributed by atoms with Crippen LogP contribution in [0.25, 0.3) is 11.3 Å². The average molecular weight is 549 g/mol. The number of nitrogens with one attached hydrogen (secondary N) is 1. The first-order chi connectivity index (χ1) is 15.5. The highest BCUT2D eigenvalue weighted by Gasteiger charge is 2.10. The highest BCUT2D eigenvalue weighted by molar-refractivity contribution is 9.10. The van der Waals surface area contributed by atoms with Crippen LogP contribution in [-0.2, 0) is 11.3 Å². The van der Waals surface area contributed by atoms with E-state index in [1.807, 2.05) is 36.4 Å². The van der Waals surface area contributed by atoms with Gasteiger partial charge in [-0.15, -0.1) is 0 Å². The third-order valence-electron chi connectivity index (χ3n) is 4.36. The van der Waals surface area contributed by atoms with E-state index < -0.39 is 0 Å². The van der Waals surface area contributed by atoms with Crippen LogP contribution >= 0.6 is 50.9 Å². The minimum absolute atomic E-state index is 0.166. The molecule has 4 aromatic rings. The molecule has 0 radical (unpaired) electrons. The van der Waals surface area contributed by atoms with Gasteiger partial charge in [-0.1, -0.05) is 69.1 Å². The topological polar surface area (TPSA) is 72.7 Å². The first-order valence-corrected chi connectivity index (χ1v) is 12.0. The SMILES string of the molecule is O=C(CSc1nccc(-c2ccc(Br)cc2)n1)Nc1ccn(Cc2ccc(Cl)cc2Cl)n1. The van der Waals surface area contributed by atoms with Gasteiger partial charge in [0, 0.05) is 38.5 Å². The van der Waals surface area contributed by atoms with Crippen molar-refractivity contribution in [2.45, 2.75) is 11.7 Å². The molecule has 1 amide bonds. The maximum atomic E-state index is 12.4. The summed E-state index contributed by atoms with van der Waals surface area (Å²) in [6.07, 6.45) is 3.46. The summed E-state index contributed by atoms with van der Waals surface area (Å²) >= 11 is 16.8. The molecule has 2 aromatic carbocycles. The van der Waals surface area contributed by atoms with E-state index in [9.17, 15) is 4.79 Å². The summed E-state index contributed by atoms with van der Waals surface area (Å²) in [5.74, 6) is 0.437. The van der Waals surface area contributed by atoms with Crippen LogP contribution in [0.3, 0.4) is 0 Å². The van der Waals surface area contributed by atoms with E-state index in [0.717, 1.165) is 21.3 Å². The van der Waals surface area contributed by atoms with Crippen molar-refractivity contribution in [1.82, 2.24) is 19.7 Å². The number of anilines is 1. The summed E-state index contributed by atoms with van der Waals surface area (Å²) in [7, 11) is 0. The van der Waals surface area contributed by atoms with E-state index in [1.165, 1.54) is 11.8 Å². The van der Waals surface area contributed by atoms with Gasteiger partial charge >= 0.3 is 0 Å². The Morgan fingerprint density at radius 3 is 2.69 bits per heavy atom. The minimum atomic E-state index is -0.192. The summed E-state index contributed by atoms with van der Waals surface area (Å²) in [6.45, 7) is 0.470. The number of aromatic nitrogens is 4. The van der Waals surface area contributed by atoms with Crippen molar-refractivity contribution in [3.8, 4) is 11.3 Å². The highest BCUT2D eigenvalue weighted by atomic mass is 79.9. The van der Waals surface area contributed by atoms with Crippen LogP contribution in [0.15, 0.2) is 76.6 Å². The molecule has 4 rings (SSSR count). The van der Waals surface area contributed by atoms with Crippen LogP contribution < -0.4 is 5.32 Å². The van der Waals surface area contributed by atoms with Crippen LogP contribution in [-0.4, -0.2) is 31.4 Å². The van der Waals surface area contributed by atoms with Crippen molar-refractivity contribution in [3.63, 3.8) is 0 Å². The van der Waals surface area contributed by atoms with Crippen LogP contribution in [0.5, 0.6) is 0 Å². The van der Waals surface area contributed by atoms with E-state index in [1.54, 1.807) is 35.3 Å². The summed E-state index contributed by atoms with van der Waals surface area (Å²) in [4.78, 5) is 21.1. The first-order valence-electron chi connectivity index (χ1n) is 9.45. The normalized spacial score (nSPS) is 10.8. The lowest BCUT2D eigenvalue weighted by Crippen LogP contribution is -2.15. The summed E-state index contributed by atoms with van der Waals surface area (Å²) in [5, 5.41) is 8.84. The number of carbonyl (C=O) groups is 1. The molecule has 0 saturated heterocycles. The van der Waals surface area contributed by atoms with Crippen molar-refractivity contribution >= 4 is 62.6 Å². The molecule has 0 spiro atoms. The molecule has 2 heterocycles. The average Bonchev–Trinajstić information content (AvgIpc) is 3.22. The van der Waals surface area contributed by atoms with E-state index >= 15 is 0 Å². The smallest absolute Gasteiger partial charge is 0.236 e. The van der Waals surface area contributed by atoms with Crippen LogP contribution in [0.1, 0.15) is 5.56 Å². The van der Waals surface area contributed by atoms with Gasteiger partial charge < -0.3 is 5.32 Å². The molecule has 6 nitrogen and oxygen atoms in total. The fourth-order valence-corrected chi connectivity index (χ4v) is 4.20. The Balaban J connectivity index is 1.33. The molecule has 0 fully saturated rings. The molecule has 0 saturated carbocycles. The standard InChI is InChI=1S/C22H16BrCl2N5OS/c23-16-4-1-14(2-5-16)19-7-9-26-22(27-19)32-13-21(31)28-20-8-10-30(29-20)12-15-3-6-17(24)11-18(15)25/h1-11H,12-13H2,(H,28,29,31). The molecule has 0 aliphatic heterocycles. The number of hydrogen-bond donors (Lipinski definition) is 1. The van der Waals surface area contributed by atoms with Gasteiger partial charge in [0.25, 0.3) is 0 Å². The van der Waals surface area contributed by atoms with Crippen molar-refractivity contribution < 1.29 is 4.79 Å². The summed E-state index contributed by atoms with van der Waals surface area (Å²) in [6, 6.07) is 16.8. The van der Waals surface area contributed by atoms with Crippen molar-refractivity contribution in [2.24, 2.45) is 0 Å². The molecule has 1 N–H and O–H groups in total. The zero-order chi connectivity index (χ0) is 22.5. The fourth-order valence-electron chi connectivity index (χ4n) is 2.84. The summed E-state index contributed by atoms with van der Waals surface area (Å²) < 4.78 is 2.70. The van der Waals surface area contributed by atoms with Gasteiger partial charge in [-0.3, -0.25) is 9.48 Å². The molecular weight excluding hydrogens is 533 g/mol. The molecule has 0 aliphatic rings. The molecule has 2 aromatic heterocycles. The molecule has 0 unspecified atom stereocenters. The van der Waals surface area contributed by atoms with E-state index in [-0.39, 0.29) is 11.7 Å². The minimum Gasteiger partial charge on any atom is -0.308 e. The van der Waals surface area contributed by atoms with Gasteiger partial charge in [0.1, 0.15) is 0 Å². The second-order valence-corrected chi connectivity index (χ2v) is 9.40. The number of thioether (sulfide) groups is 1. The monoisotopic (exact) mass is 547 g/mol. The lowest BCUT2D eigenvalue weighted by atomic mass is 10.1. The second kappa shape index (κ2) is 10.5. The molecule has 0 aliphatic carbocycles. The van der Waals surface area contributed by atoms with Gasteiger partial charge in [-0.05, 0) is 35.9 Å². The summed E-state index contributed by atoms with van der Waals surface area (Å²) in [5.41, 5.74) is 2.67. The number of halogens is 3. The van der Waals surface area contributed by atoms with E-state index in [4.69, 9.17) is 23.2 Å². The maximum Gasteiger partial charge on any atom is 0.236 e. The number of amides is 1. The third-order valence-corrected chi connectivity index (χ3v) is 6.34. The Kier molecular flexibility index (Phi) is 7.47. The highest BCUT2D eigenvalue weighted by Crippen LogP contribution is 2.23. The van der Waals surface area contributed by atoms with Gasteiger partial charge in [0.05, 0.1) is 18.0 Å². The van der Waals surface area contributed by atoms with E-state index in [2.05, 4.69) is 36.3 Å². The number of rotatable bonds is 7. The largest absolute Gasteiger partial charge is 0.308 e. The Bertz CT molecular complexity index is 1250. The molecule has 0 bridgehead atoms. The second-order valence-electron chi connectivity index (χ2n) is 6.70. The quantitative estimate of drug-likeness (QED) is 0.220. The molecule has 0 atom stereocenters. The van der Waals surface area contributed by atoms with Gasteiger partial charge in [0.2, 0.25) is 5.91 Å². The molecule has 10 heteroatoms. The third kappa shape index (κ3) is 6.10. The zero-order valence-electron chi connectivity index (χ0n) is 16.5. The Labute approximate surface area is 207 Å². The predicted octanol–water partition coefficient (Wildman–Crippen LogP) is 6.19. The first kappa shape index (κ1) is 22.8. The van der Waals surface area contributed by atoms with Crippen molar-refractivity contribution in [2.75, 3.05) is 11.1 Å². The van der Waals surface area contributed by atoms with Crippen LogP contribution in [0.2, 0.25) is 10.0 Å².